The molecule has 2 saturated carbocycles. The molecule has 0 bridgehead atoms. The van der Waals surface area contributed by atoms with Crippen LogP contribution in [0.1, 0.15) is 49.7 Å². The minimum Gasteiger partial charge on any atom is -0.497 e. The lowest BCUT2D eigenvalue weighted by Gasteiger charge is -2.51. The number of benzene rings is 2. The van der Waals surface area contributed by atoms with Crippen molar-refractivity contribution in [3.63, 3.8) is 0 Å². The number of methoxy groups -OCH3 is 1. The number of hydrogen-bond donors (Lipinski definition) is 0. The first kappa shape index (κ1) is 19.2. The smallest absolute Gasteiger partial charge is 0.414 e. The zero-order valence-corrected chi connectivity index (χ0v) is 18.4. The highest BCUT2D eigenvalue weighted by molar-refractivity contribution is 5.88. The monoisotopic (exact) mass is 417 g/mol. The van der Waals surface area contributed by atoms with Crippen LogP contribution in [0.25, 0.3) is 0 Å². The van der Waals surface area contributed by atoms with Gasteiger partial charge in [-0.3, -0.25) is 4.90 Å². The molecule has 4 nitrogen and oxygen atoms in total. The van der Waals surface area contributed by atoms with Crippen molar-refractivity contribution in [2.75, 3.05) is 18.6 Å². The van der Waals surface area contributed by atoms with Crippen molar-refractivity contribution in [3.05, 3.63) is 59.7 Å². The molecule has 1 aliphatic heterocycles. The quantitative estimate of drug-likeness (QED) is 0.620. The highest BCUT2D eigenvalue weighted by Gasteiger charge is 2.61. The van der Waals surface area contributed by atoms with Crippen LogP contribution >= 0.6 is 0 Å². The Labute approximate surface area is 184 Å². The standard InChI is InChI=1S/C27H31NO3/c1-27-13-12-22-21-11-9-20(30-2)14-17(21)8-10-23(22)24(27)15-18-16-28(26(29)31-25(18)27)19-6-4-3-5-7-19/h3-7,9,11,14,18,22-25H,8,10,12-13,15-16H2,1-2H3/t18-,22-,23-,24+,25-,27+/m1/s1. The molecule has 0 unspecified atom stereocenters. The molecule has 4 aliphatic rings. The average Bonchev–Trinajstić information content (AvgIpc) is 3.10. The molecule has 0 radical (unpaired) electrons. The number of anilines is 1. The maximum Gasteiger partial charge on any atom is 0.414 e. The van der Waals surface area contributed by atoms with E-state index in [1.807, 2.05) is 35.2 Å². The third-order valence-electron chi connectivity index (χ3n) is 8.94. The molecule has 0 spiro atoms. The molecule has 3 fully saturated rings. The molecule has 2 aromatic carbocycles. The second-order valence-electron chi connectivity index (χ2n) is 10.3. The zero-order chi connectivity index (χ0) is 21.2. The van der Waals surface area contributed by atoms with Gasteiger partial charge in [0.2, 0.25) is 0 Å². The number of carbonyl (C=O) groups excluding carboxylic acids is 1. The Bertz CT molecular complexity index is 1000. The summed E-state index contributed by atoms with van der Waals surface area (Å²) in [6.07, 6.45) is 5.77. The molecule has 6 rings (SSSR count). The third kappa shape index (κ3) is 2.83. The molecule has 31 heavy (non-hydrogen) atoms. The topological polar surface area (TPSA) is 38.8 Å². The van der Waals surface area contributed by atoms with E-state index in [1.54, 1.807) is 7.11 Å². The molecule has 1 heterocycles. The van der Waals surface area contributed by atoms with Crippen molar-refractivity contribution in [2.24, 2.45) is 23.2 Å². The summed E-state index contributed by atoms with van der Waals surface area (Å²) in [6.45, 7) is 3.19. The summed E-state index contributed by atoms with van der Waals surface area (Å²) in [5.41, 5.74) is 4.07. The molecule has 162 valence electrons. The molecule has 2 aromatic rings. The summed E-state index contributed by atoms with van der Waals surface area (Å²) in [4.78, 5) is 14.8. The number of nitrogens with zero attached hydrogens (tertiary/aromatic N) is 1. The van der Waals surface area contributed by atoms with Crippen LogP contribution in [0.15, 0.2) is 48.5 Å². The molecule has 1 saturated heterocycles. The maximum atomic E-state index is 13.0. The highest BCUT2D eigenvalue weighted by Crippen LogP contribution is 2.63. The van der Waals surface area contributed by atoms with Crippen molar-refractivity contribution in [2.45, 2.75) is 51.0 Å². The average molecular weight is 418 g/mol. The van der Waals surface area contributed by atoms with Gasteiger partial charge in [0, 0.05) is 23.6 Å². The normalized spacial score (nSPS) is 36.0. The van der Waals surface area contributed by atoms with Gasteiger partial charge in [0.25, 0.3) is 0 Å². The minimum atomic E-state index is -0.169. The lowest BCUT2D eigenvalue weighted by Crippen LogP contribution is -2.52. The molecule has 3 aliphatic carbocycles. The van der Waals surface area contributed by atoms with Gasteiger partial charge in [-0.2, -0.15) is 0 Å². The van der Waals surface area contributed by atoms with Gasteiger partial charge >= 0.3 is 6.09 Å². The second kappa shape index (κ2) is 7.01. The van der Waals surface area contributed by atoms with Crippen molar-refractivity contribution in [3.8, 4) is 5.75 Å². The Morgan fingerprint density at radius 3 is 2.77 bits per heavy atom. The molecule has 0 aromatic heterocycles. The van der Waals surface area contributed by atoms with Crippen LogP contribution < -0.4 is 9.64 Å². The summed E-state index contributed by atoms with van der Waals surface area (Å²) >= 11 is 0. The number of ether oxygens (including phenoxy) is 2. The molecule has 0 N–H and O–H groups in total. The van der Waals surface area contributed by atoms with Gasteiger partial charge in [0.15, 0.2) is 0 Å². The lowest BCUT2D eigenvalue weighted by atomic mass is 9.55. The Morgan fingerprint density at radius 2 is 1.97 bits per heavy atom. The third-order valence-corrected chi connectivity index (χ3v) is 8.94. The number of para-hydroxylation sites is 1. The number of aryl methyl sites for hydroxylation is 1. The Morgan fingerprint density at radius 1 is 1.13 bits per heavy atom. The first-order valence-corrected chi connectivity index (χ1v) is 11.8. The molecule has 4 heteroatoms. The van der Waals surface area contributed by atoms with Gasteiger partial charge in [-0.05, 0) is 85.3 Å². The second-order valence-corrected chi connectivity index (χ2v) is 10.3. The fraction of sp³-hybridized carbons (Fsp3) is 0.519. The van der Waals surface area contributed by atoms with Crippen LogP contribution in [0, 0.1) is 23.2 Å². The van der Waals surface area contributed by atoms with E-state index in [-0.39, 0.29) is 17.6 Å². The predicted octanol–water partition coefficient (Wildman–Crippen LogP) is 5.80. The van der Waals surface area contributed by atoms with E-state index in [0.29, 0.717) is 23.7 Å². The van der Waals surface area contributed by atoms with Gasteiger partial charge in [-0.1, -0.05) is 31.2 Å². The number of amides is 1. The van der Waals surface area contributed by atoms with E-state index in [2.05, 4.69) is 25.1 Å². The van der Waals surface area contributed by atoms with Crippen LogP contribution in [-0.4, -0.2) is 25.9 Å². The number of rotatable bonds is 2. The van der Waals surface area contributed by atoms with E-state index >= 15 is 0 Å². The van der Waals surface area contributed by atoms with Crippen LogP contribution in [0.5, 0.6) is 5.75 Å². The number of hydrogen-bond acceptors (Lipinski definition) is 3. The molecular formula is C27H31NO3. The molecule has 1 amide bonds. The lowest BCUT2D eigenvalue weighted by molar-refractivity contribution is -0.0461. The largest absolute Gasteiger partial charge is 0.497 e. The van der Waals surface area contributed by atoms with Crippen molar-refractivity contribution in [1.29, 1.82) is 0 Å². The van der Waals surface area contributed by atoms with E-state index < -0.39 is 0 Å². The Kier molecular flexibility index (Phi) is 4.35. The minimum absolute atomic E-state index is 0.0585. The summed E-state index contributed by atoms with van der Waals surface area (Å²) in [5.74, 6) is 3.34. The van der Waals surface area contributed by atoms with Gasteiger partial charge in [-0.15, -0.1) is 0 Å². The fourth-order valence-electron chi connectivity index (χ4n) is 7.52. The highest BCUT2D eigenvalue weighted by atomic mass is 16.6. The first-order chi connectivity index (χ1) is 15.1. The predicted molar refractivity (Wildman–Crippen MR) is 121 cm³/mol. The van der Waals surface area contributed by atoms with Gasteiger partial charge in [-0.25, -0.2) is 4.79 Å². The van der Waals surface area contributed by atoms with Gasteiger partial charge in [0.05, 0.1) is 7.11 Å². The van der Waals surface area contributed by atoms with Crippen LogP contribution in [0.2, 0.25) is 0 Å². The van der Waals surface area contributed by atoms with Crippen LogP contribution in [-0.2, 0) is 11.2 Å². The number of fused-ring (bicyclic) bond motifs is 7. The van der Waals surface area contributed by atoms with Gasteiger partial charge in [0.1, 0.15) is 11.9 Å². The summed E-state index contributed by atoms with van der Waals surface area (Å²) < 4.78 is 11.7. The molecular weight excluding hydrogens is 386 g/mol. The zero-order valence-electron chi connectivity index (χ0n) is 18.4. The maximum absolute atomic E-state index is 13.0. The Hall–Kier alpha value is -2.49. The summed E-state index contributed by atoms with van der Waals surface area (Å²) in [7, 11) is 1.75. The van der Waals surface area contributed by atoms with Crippen LogP contribution in [0.4, 0.5) is 10.5 Å². The fourth-order valence-corrected chi connectivity index (χ4v) is 7.52. The van der Waals surface area contributed by atoms with Crippen molar-refractivity contribution in [1.82, 2.24) is 0 Å². The summed E-state index contributed by atoms with van der Waals surface area (Å²) in [5, 5.41) is 0. The van der Waals surface area contributed by atoms with Gasteiger partial charge < -0.3 is 9.47 Å². The Balaban J connectivity index is 1.29. The first-order valence-electron chi connectivity index (χ1n) is 11.8. The SMILES string of the molecule is COc1ccc2c(c1)CC[C@@H]1[C@@H]2CC[C@]2(C)[C@@H]3OC(=O)N(c4ccccc4)C[C@H]3C[C@@H]12. The molecule has 6 atom stereocenters. The van der Waals surface area contributed by atoms with Crippen LogP contribution in [0.3, 0.4) is 0 Å². The van der Waals surface area contributed by atoms with E-state index in [4.69, 9.17) is 9.47 Å². The van der Waals surface area contributed by atoms with E-state index in [1.165, 1.54) is 30.4 Å². The van der Waals surface area contributed by atoms with Crippen molar-refractivity contribution < 1.29 is 14.3 Å². The summed E-state index contributed by atoms with van der Waals surface area (Å²) in [6, 6.07) is 16.7. The van der Waals surface area contributed by atoms with E-state index in [0.717, 1.165) is 30.8 Å². The number of carbonyl (C=O) groups is 1. The van der Waals surface area contributed by atoms with E-state index in [9.17, 15) is 4.79 Å². The van der Waals surface area contributed by atoms with Crippen molar-refractivity contribution >= 4 is 11.8 Å².